The van der Waals surface area contributed by atoms with Crippen LogP contribution in [-0.2, 0) is 44.9 Å². The van der Waals surface area contributed by atoms with Crippen LogP contribution in [0.3, 0.4) is 0 Å². The van der Waals surface area contributed by atoms with Crippen LogP contribution < -0.4 is 15.5 Å². The van der Waals surface area contributed by atoms with E-state index in [9.17, 15) is 14.4 Å². The van der Waals surface area contributed by atoms with E-state index in [0.717, 1.165) is 76.2 Å². The number of pyridine rings is 1. The molecule has 4 atom stereocenters. The highest BCUT2D eigenvalue weighted by atomic mass is 16.5. The number of likely N-dealkylation sites (tertiary alicyclic amines) is 1. The third kappa shape index (κ3) is 10.7. The number of carbonyl (C=O) groups is 3. The van der Waals surface area contributed by atoms with Gasteiger partial charge in [0, 0.05) is 60.3 Å². The first kappa shape index (κ1) is 47.4. The average Bonchev–Trinajstić information content (AvgIpc) is 3.92. The number of ether oxygens (including phenoxy) is 2. The van der Waals surface area contributed by atoms with E-state index in [1.165, 1.54) is 16.1 Å². The Hall–Kier alpha value is -6.14. The zero-order valence-corrected chi connectivity index (χ0v) is 40.2. The molecule has 2 N–H and O–H groups in total. The molecule has 3 aliphatic rings. The van der Waals surface area contributed by atoms with Crippen molar-refractivity contribution >= 4 is 40.4 Å². The van der Waals surface area contributed by atoms with Gasteiger partial charge in [-0.05, 0) is 128 Å². The summed E-state index contributed by atoms with van der Waals surface area (Å²) in [6.07, 6.45) is 7.66. The predicted molar refractivity (Wildman–Crippen MR) is 263 cm³/mol. The van der Waals surface area contributed by atoms with E-state index < -0.39 is 23.5 Å². The Kier molecular flexibility index (Phi) is 14.7. The summed E-state index contributed by atoms with van der Waals surface area (Å²) in [5, 5.41) is 5.91. The Morgan fingerprint density at radius 1 is 1.03 bits per heavy atom. The SMILES string of the molecule is CCc1ccncc1-c1c2c3cc(ccc3n1CC)-c1cccc(c1)C[C@H](NC(=O)[C@H](C(C)C)N1CC[C@@H](CN=C=Nc3ccc(OC)cc3)C1)C(=O)N1CCC[C@H](N1)C(=O)OCC(C)(C)C2. The van der Waals surface area contributed by atoms with Gasteiger partial charge in [-0.15, -0.1) is 0 Å². The summed E-state index contributed by atoms with van der Waals surface area (Å²) < 4.78 is 13.8. The van der Waals surface area contributed by atoms with Crippen LogP contribution in [0, 0.1) is 17.3 Å². The molecule has 5 heterocycles. The Bertz CT molecular complexity index is 2650. The van der Waals surface area contributed by atoms with E-state index in [1.54, 1.807) is 7.11 Å². The van der Waals surface area contributed by atoms with Crippen molar-refractivity contribution in [1.29, 1.82) is 0 Å². The van der Waals surface area contributed by atoms with E-state index in [2.05, 4.69) is 119 Å². The molecule has 2 saturated heterocycles. The average molecular weight is 907 g/mol. The molecule has 3 aromatic carbocycles. The number of hydrazine groups is 1. The normalized spacial score (nSPS) is 20.5. The standard InChI is InChI=1S/C54H66N8O5/c1-8-38-21-23-55-31-45(38)50-44-29-54(5,6)33-67-53(65)46-14-11-24-62(59-46)52(64)47(27-36-12-10-13-39(26-36)40-15-20-48(43(44)28-40)61(50)9-2)58-51(63)49(35(3)4)60-25-22-37(32-60)30-56-34-57-41-16-18-42(66-7)19-17-41/h10,12-13,15-21,23,26,28,31,35,37,46-47,49,59H,8-9,11,14,22,24-25,27,29-30,32-33H2,1-7H3,(H,58,63)/t37-,46-,47-,49-/m0/s1. The summed E-state index contributed by atoms with van der Waals surface area (Å²) in [4.78, 5) is 58.9. The van der Waals surface area contributed by atoms with Crippen molar-refractivity contribution in [3.63, 3.8) is 0 Å². The molecule has 0 spiro atoms. The number of fused-ring (bicyclic) bond motifs is 6. The summed E-state index contributed by atoms with van der Waals surface area (Å²) in [7, 11) is 1.63. The zero-order valence-electron chi connectivity index (χ0n) is 40.2. The second kappa shape index (κ2) is 20.8. The van der Waals surface area contributed by atoms with Gasteiger partial charge in [0.15, 0.2) is 0 Å². The Morgan fingerprint density at radius 2 is 1.84 bits per heavy atom. The number of hydrogen-bond acceptors (Lipinski definition) is 10. The number of hydrogen-bond donors (Lipinski definition) is 2. The number of nitrogens with one attached hydrogen (secondary N) is 2. The minimum atomic E-state index is -0.899. The molecule has 2 amide bonds. The second-order valence-electron chi connectivity index (χ2n) is 19.5. The van der Waals surface area contributed by atoms with Crippen LogP contribution in [0.15, 0.2) is 95.2 Å². The topological polar surface area (TPSA) is 143 Å². The maximum atomic E-state index is 14.7. The van der Waals surface area contributed by atoms with Gasteiger partial charge in [-0.25, -0.2) is 10.4 Å². The molecule has 0 saturated carbocycles. The van der Waals surface area contributed by atoms with Crippen molar-refractivity contribution in [2.45, 2.75) is 105 Å². The van der Waals surface area contributed by atoms with Gasteiger partial charge >= 0.3 is 5.97 Å². The van der Waals surface area contributed by atoms with Crippen LogP contribution >= 0.6 is 0 Å². The summed E-state index contributed by atoms with van der Waals surface area (Å²) in [5.41, 5.74) is 12.4. The summed E-state index contributed by atoms with van der Waals surface area (Å²) in [5.74, 6) is 0.102. The van der Waals surface area contributed by atoms with Crippen LogP contribution in [0.1, 0.15) is 77.5 Å². The molecule has 2 fully saturated rings. The van der Waals surface area contributed by atoms with E-state index in [0.29, 0.717) is 38.9 Å². The van der Waals surface area contributed by atoms with E-state index in [4.69, 9.17) is 9.47 Å². The molecule has 6 bridgehead atoms. The lowest BCUT2D eigenvalue weighted by Crippen LogP contribution is -2.62. The number of aromatic nitrogens is 2. The largest absolute Gasteiger partial charge is 0.497 e. The molecule has 67 heavy (non-hydrogen) atoms. The first-order valence-corrected chi connectivity index (χ1v) is 24.1. The molecule has 0 unspecified atom stereocenters. The van der Waals surface area contributed by atoms with Gasteiger partial charge in [0.25, 0.3) is 5.91 Å². The van der Waals surface area contributed by atoms with Crippen molar-refractivity contribution in [1.82, 2.24) is 30.2 Å². The number of cyclic esters (lactones) is 1. The lowest BCUT2D eigenvalue weighted by molar-refractivity contribution is -0.155. The molecular weight excluding hydrogens is 841 g/mol. The number of amides is 2. The Labute approximate surface area is 395 Å². The van der Waals surface area contributed by atoms with Gasteiger partial charge < -0.3 is 19.4 Å². The van der Waals surface area contributed by atoms with Crippen LogP contribution in [0.25, 0.3) is 33.3 Å². The highest BCUT2D eigenvalue weighted by Gasteiger charge is 2.39. The van der Waals surface area contributed by atoms with Crippen molar-refractivity contribution in [3.05, 3.63) is 102 Å². The van der Waals surface area contributed by atoms with E-state index >= 15 is 0 Å². The molecule has 13 nitrogen and oxygen atoms in total. The van der Waals surface area contributed by atoms with Gasteiger partial charge in [-0.2, -0.15) is 4.99 Å². The van der Waals surface area contributed by atoms with Gasteiger partial charge in [-0.1, -0.05) is 65.0 Å². The Morgan fingerprint density at radius 3 is 2.60 bits per heavy atom. The highest BCUT2D eigenvalue weighted by molar-refractivity contribution is 5.95. The molecule has 3 aliphatic heterocycles. The van der Waals surface area contributed by atoms with Crippen molar-refractivity contribution in [2.75, 3.05) is 39.9 Å². The third-order valence-corrected chi connectivity index (χ3v) is 13.6. The summed E-state index contributed by atoms with van der Waals surface area (Å²) in [6, 6.07) is 25.3. The molecule has 8 rings (SSSR count). The quantitative estimate of drug-likeness (QED) is 0.0994. The number of aryl methyl sites for hydroxylation is 2. The number of rotatable bonds is 11. The molecule has 13 heteroatoms. The first-order chi connectivity index (χ1) is 32.4. The second-order valence-corrected chi connectivity index (χ2v) is 19.5. The molecule has 5 aromatic rings. The predicted octanol–water partition coefficient (Wildman–Crippen LogP) is 8.46. The summed E-state index contributed by atoms with van der Waals surface area (Å²) >= 11 is 0. The number of methoxy groups -OCH3 is 1. The molecule has 0 radical (unpaired) electrons. The number of esters is 1. The number of nitrogens with zero attached hydrogens (tertiary/aromatic N) is 6. The van der Waals surface area contributed by atoms with Crippen molar-refractivity contribution < 1.29 is 23.9 Å². The zero-order chi connectivity index (χ0) is 47.2. The smallest absolute Gasteiger partial charge is 0.324 e. The monoisotopic (exact) mass is 907 g/mol. The van der Waals surface area contributed by atoms with E-state index in [-0.39, 0.29) is 42.6 Å². The van der Waals surface area contributed by atoms with Crippen LogP contribution in [0.2, 0.25) is 0 Å². The fourth-order valence-corrected chi connectivity index (χ4v) is 10.2. The number of carbonyl (C=O) groups excluding carboxylic acids is 3. The Balaban J connectivity index is 1.10. The van der Waals surface area contributed by atoms with Gasteiger partial charge in [-0.3, -0.25) is 29.3 Å². The molecule has 2 aromatic heterocycles. The fourth-order valence-electron chi connectivity index (χ4n) is 10.2. The van der Waals surface area contributed by atoms with Crippen LogP contribution in [0.5, 0.6) is 5.75 Å². The maximum Gasteiger partial charge on any atom is 0.324 e. The molecular formula is C54H66N8O5. The van der Waals surface area contributed by atoms with E-state index in [1.807, 2.05) is 48.8 Å². The minimum Gasteiger partial charge on any atom is -0.497 e. The lowest BCUT2D eigenvalue weighted by atomic mass is 9.84. The highest BCUT2D eigenvalue weighted by Crippen LogP contribution is 2.41. The van der Waals surface area contributed by atoms with Gasteiger partial charge in [0.1, 0.15) is 17.8 Å². The summed E-state index contributed by atoms with van der Waals surface area (Å²) in [6.45, 7) is 16.1. The van der Waals surface area contributed by atoms with Crippen molar-refractivity contribution in [2.24, 2.45) is 27.2 Å². The first-order valence-electron chi connectivity index (χ1n) is 24.1. The molecule has 0 aliphatic carbocycles. The molecule has 352 valence electrons. The van der Waals surface area contributed by atoms with Crippen LogP contribution in [0.4, 0.5) is 5.69 Å². The number of aliphatic imine (C=N–C) groups is 2. The third-order valence-electron chi connectivity index (χ3n) is 13.6. The lowest BCUT2D eigenvalue weighted by Gasteiger charge is -2.36. The minimum absolute atomic E-state index is 0.0253. The van der Waals surface area contributed by atoms with Gasteiger partial charge in [0.2, 0.25) is 5.91 Å². The maximum absolute atomic E-state index is 14.7. The fraction of sp³-hybridized carbons (Fsp3) is 0.463. The van der Waals surface area contributed by atoms with Crippen molar-refractivity contribution in [3.8, 4) is 28.1 Å². The van der Waals surface area contributed by atoms with Crippen LogP contribution in [-0.4, -0.2) is 101 Å². The van der Waals surface area contributed by atoms with Gasteiger partial charge in [0.05, 0.1) is 43.7 Å². The number of benzene rings is 3.